The number of halogens is 2. The van der Waals surface area contributed by atoms with Gasteiger partial charge in [-0.05, 0) is 36.7 Å². The zero-order valence-corrected chi connectivity index (χ0v) is 10.9. The van der Waals surface area contributed by atoms with E-state index in [0.717, 1.165) is 0 Å². The second-order valence-electron chi connectivity index (χ2n) is 3.91. The van der Waals surface area contributed by atoms with E-state index in [2.05, 4.69) is 31.2 Å². The Labute approximate surface area is 101 Å². The molecule has 1 amide bonds. The second kappa shape index (κ2) is 4.40. The van der Waals surface area contributed by atoms with E-state index in [0.29, 0.717) is 4.60 Å². The van der Waals surface area contributed by atoms with Crippen LogP contribution in [-0.2, 0) is 0 Å². The summed E-state index contributed by atoms with van der Waals surface area (Å²) in [5, 5.41) is 2.90. The summed E-state index contributed by atoms with van der Waals surface area (Å²) in [5.74, 6) is 0. The van der Waals surface area contributed by atoms with Crippen molar-refractivity contribution in [1.82, 2.24) is 15.3 Å². The van der Waals surface area contributed by atoms with Crippen LogP contribution in [-0.4, -0.2) is 21.6 Å². The molecule has 7 heteroatoms. The minimum Gasteiger partial charge on any atom is -0.375 e. The molecule has 1 aromatic heterocycles. The number of aromatic amines is 1. The summed E-state index contributed by atoms with van der Waals surface area (Å²) >= 11 is 8.75. The number of ether oxygens (including phenoxy) is 1. The SMILES string of the molecule is CC(C)(C)NC(=O)Oc1nc(Br)c(Cl)[nH]1. The number of carbonyl (C=O) groups is 1. The largest absolute Gasteiger partial charge is 0.415 e. The Kier molecular flexibility index (Phi) is 3.62. The predicted molar refractivity (Wildman–Crippen MR) is 60.2 cm³/mol. The average molecular weight is 297 g/mol. The maximum Gasteiger partial charge on any atom is 0.415 e. The van der Waals surface area contributed by atoms with Gasteiger partial charge in [-0.15, -0.1) is 0 Å². The third-order valence-electron chi connectivity index (χ3n) is 1.26. The summed E-state index contributed by atoms with van der Waals surface area (Å²) in [4.78, 5) is 17.7. The van der Waals surface area contributed by atoms with Crippen molar-refractivity contribution in [3.8, 4) is 6.01 Å². The topological polar surface area (TPSA) is 67.0 Å². The number of nitrogens with zero attached hydrogens (tertiary/aromatic N) is 1. The van der Waals surface area contributed by atoms with E-state index in [4.69, 9.17) is 16.3 Å². The molecule has 0 aromatic carbocycles. The monoisotopic (exact) mass is 295 g/mol. The van der Waals surface area contributed by atoms with E-state index in [-0.39, 0.29) is 16.7 Å². The molecule has 84 valence electrons. The highest BCUT2D eigenvalue weighted by atomic mass is 79.9. The summed E-state index contributed by atoms with van der Waals surface area (Å²) in [6.45, 7) is 5.54. The van der Waals surface area contributed by atoms with Gasteiger partial charge in [0.25, 0.3) is 0 Å². The van der Waals surface area contributed by atoms with Crippen molar-refractivity contribution in [1.29, 1.82) is 0 Å². The van der Waals surface area contributed by atoms with E-state index in [1.54, 1.807) is 0 Å². The lowest BCUT2D eigenvalue weighted by Gasteiger charge is -2.18. The fourth-order valence-electron chi connectivity index (χ4n) is 0.779. The fourth-order valence-corrected chi connectivity index (χ4v) is 1.16. The van der Waals surface area contributed by atoms with Crippen LogP contribution in [0.1, 0.15) is 20.8 Å². The molecular formula is C8H11BrClN3O2. The van der Waals surface area contributed by atoms with Crippen LogP contribution in [0.2, 0.25) is 5.15 Å². The lowest BCUT2D eigenvalue weighted by Crippen LogP contribution is -2.42. The standard InChI is InChI=1S/C8H11BrClN3O2/c1-8(2,3)13-7(14)15-6-11-4(9)5(10)12-6/h1-3H3,(H,11,12)(H,13,14). The normalized spacial score (nSPS) is 11.3. The number of amides is 1. The number of nitrogens with one attached hydrogen (secondary N) is 2. The fraction of sp³-hybridized carbons (Fsp3) is 0.500. The molecule has 1 heterocycles. The van der Waals surface area contributed by atoms with Crippen LogP contribution < -0.4 is 10.1 Å². The Hall–Kier alpha value is -0.750. The number of carbonyl (C=O) groups excluding carboxylic acids is 1. The van der Waals surface area contributed by atoms with E-state index < -0.39 is 6.09 Å². The van der Waals surface area contributed by atoms with Gasteiger partial charge in [-0.25, -0.2) is 4.79 Å². The first kappa shape index (κ1) is 12.3. The van der Waals surface area contributed by atoms with Crippen LogP contribution in [0.3, 0.4) is 0 Å². The molecule has 0 aliphatic heterocycles. The molecule has 1 rings (SSSR count). The lowest BCUT2D eigenvalue weighted by atomic mass is 10.1. The van der Waals surface area contributed by atoms with Gasteiger partial charge in [-0.2, -0.15) is 4.98 Å². The summed E-state index contributed by atoms with van der Waals surface area (Å²) in [6, 6.07) is 0.0497. The zero-order chi connectivity index (χ0) is 11.6. The van der Waals surface area contributed by atoms with Crippen molar-refractivity contribution in [3.63, 3.8) is 0 Å². The van der Waals surface area contributed by atoms with Crippen molar-refractivity contribution in [3.05, 3.63) is 9.76 Å². The van der Waals surface area contributed by atoms with Crippen molar-refractivity contribution >= 4 is 33.6 Å². The van der Waals surface area contributed by atoms with Gasteiger partial charge in [0.15, 0.2) is 0 Å². The van der Waals surface area contributed by atoms with Gasteiger partial charge in [0.1, 0.15) is 9.76 Å². The molecule has 2 N–H and O–H groups in total. The predicted octanol–water partition coefficient (Wildman–Crippen LogP) is 2.71. The molecule has 1 aromatic rings. The maximum absolute atomic E-state index is 11.3. The Morgan fingerprint density at radius 1 is 1.60 bits per heavy atom. The van der Waals surface area contributed by atoms with Crippen LogP contribution in [0.5, 0.6) is 6.01 Å². The molecule has 0 radical (unpaired) electrons. The average Bonchev–Trinajstić information content (AvgIpc) is 2.26. The highest BCUT2D eigenvalue weighted by Gasteiger charge is 2.17. The molecular weight excluding hydrogens is 285 g/mol. The van der Waals surface area contributed by atoms with Crippen LogP contribution in [0.4, 0.5) is 4.79 Å². The molecule has 0 aliphatic rings. The molecule has 0 aliphatic carbocycles. The Balaban J connectivity index is 2.59. The minimum atomic E-state index is -0.583. The molecule has 15 heavy (non-hydrogen) atoms. The number of hydrogen-bond donors (Lipinski definition) is 2. The van der Waals surface area contributed by atoms with Gasteiger partial charge < -0.3 is 10.1 Å². The van der Waals surface area contributed by atoms with E-state index >= 15 is 0 Å². The van der Waals surface area contributed by atoms with Crippen molar-refractivity contribution < 1.29 is 9.53 Å². The maximum atomic E-state index is 11.3. The molecule has 0 unspecified atom stereocenters. The first-order valence-electron chi connectivity index (χ1n) is 4.19. The Morgan fingerprint density at radius 3 is 2.60 bits per heavy atom. The number of aromatic nitrogens is 2. The number of imidazole rings is 1. The van der Waals surface area contributed by atoms with E-state index in [9.17, 15) is 4.79 Å². The smallest absolute Gasteiger partial charge is 0.375 e. The molecule has 0 bridgehead atoms. The number of hydrogen-bond acceptors (Lipinski definition) is 3. The highest BCUT2D eigenvalue weighted by Crippen LogP contribution is 2.22. The van der Waals surface area contributed by atoms with Crippen molar-refractivity contribution in [2.75, 3.05) is 0 Å². The zero-order valence-electron chi connectivity index (χ0n) is 8.52. The number of H-pyrrole nitrogens is 1. The van der Waals surface area contributed by atoms with Gasteiger partial charge in [0.05, 0.1) is 0 Å². The van der Waals surface area contributed by atoms with Crippen molar-refractivity contribution in [2.45, 2.75) is 26.3 Å². The second-order valence-corrected chi connectivity index (χ2v) is 5.04. The lowest BCUT2D eigenvalue weighted by molar-refractivity contribution is 0.187. The quantitative estimate of drug-likeness (QED) is 0.837. The molecule has 0 spiro atoms. The van der Waals surface area contributed by atoms with Gasteiger partial charge in [-0.3, -0.25) is 4.98 Å². The van der Waals surface area contributed by atoms with Gasteiger partial charge in [-0.1, -0.05) is 11.6 Å². The van der Waals surface area contributed by atoms with Crippen molar-refractivity contribution in [2.24, 2.45) is 0 Å². The highest BCUT2D eigenvalue weighted by molar-refractivity contribution is 9.10. The molecule has 0 saturated carbocycles. The van der Waals surface area contributed by atoms with Crippen LogP contribution >= 0.6 is 27.5 Å². The first-order chi connectivity index (χ1) is 6.78. The first-order valence-corrected chi connectivity index (χ1v) is 5.36. The molecule has 0 saturated heterocycles. The summed E-state index contributed by atoms with van der Waals surface area (Å²) in [5.41, 5.74) is -0.356. The molecule has 5 nitrogen and oxygen atoms in total. The van der Waals surface area contributed by atoms with Gasteiger partial charge in [0.2, 0.25) is 0 Å². The number of rotatable bonds is 1. The van der Waals surface area contributed by atoms with Crippen LogP contribution in [0.25, 0.3) is 0 Å². The molecule has 0 atom stereocenters. The summed E-state index contributed by atoms with van der Waals surface area (Å²) < 4.78 is 5.27. The third-order valence-corrected chi connectivity index (χ3v) is 2.34. The van der Waals surface area contributed by atoms with Gasteiger partial charge >= 0.3 is 12.1 Å². The van der Waals surface area contributed by atoms with E-state index in [1.807, 2.05) is 20.8 Å². The van der Waals surface area contributed by atoms with E-state index in [1.165, 1.54) is 0 Å². The summed E-state index contributed by atoms with van der Waals surface area (Å²) in [6.07, 6.45) is -0.583. The summed E-state index contributed by atoms with van der Waals surface area (Å²) in [7, 11) is 0. The Morgan fingerprint density at radius 2 is 2.20 bits per heavy atom. The minimum absolute atomic E-state index is 0.0497. The van der Waals surface area contributed by atoms with Crippen LogP contribution in [0, 0.1) is 0 Å². The van der Waals surface area contributed by atoms with Crippen LogP contribution in [0.15, 0.2) is 4.60 Å². The van der Waals surface area contributed by atoms with Gasteiger partial charge in [0, 0.05) is 5.54 Å². The Bertz CT molecular complexity index is 353. The third kappa shape index (κ3) is 4.09. The molecule has 0 fully saturated rings.